The van der Waals surface area contributed by atoms with Gasteiger partial charge in [0.05, 0.1) is 14.2 Å². The van der Waals surface area contributed by atoms with Crippen LogP contribution in [0.3, 0.4) is 0 Å². The molecule has 3 N–H and O–H groups in total. The van der Waals surface area contributed by atoms with Crippen LogP contribution in [0.1, 0.15) is 5.56 Å². The SMILES string of the molecule is COc1cc(OC)cc(Oc2ccc(C(=N)N)cc2)c1. The van der Waals surface area contributed by atoms with Crippen molar-refractivity contribution in [1.29, 1.82) is 5.41 Å². The second kappa shape index (κ2) is 5.97. The Balaban J connectivity index is 2.22. The monoisotopic (exact) mass is 272 g/mol. The Kier molecular flexibility index (Phi) is 4.10. The molecule has 2 aromatic rings. The summed E-state index contributed by atoms with van der Waals surface area (Å²) in [6.45, 7) is 0. The average molecular weight is 272 g/mol. The van der Waals surface area contributed by atoms with E-state index < -0.39 is 0 Å². The summed E-state index contributed by atoms with van der Waals surface area (Å²) in [5, 5.41) is 7.34. The van der Waals surface area contributed by atoms with Gasteiger partial charge < -0.3 is 19.9 Å². The minimum absolute atomic E-state index is 0.0274. The molecule has 0 fully saturated rings. The van der Waals surface area contributed by atoms with Crippen molar-refractivity contribution in [2.24, 2.45) is 5.73 Å². The van der Waals surface area contributed by atoms with Gasteiger partial charge in [-0.2, -0.15) is 0 Å². The van der Waals surface area contributed by atoms with Crippen LogP contribution in [-0.2, 0) is 0 Å². The molecule has 20 heavy (non-hydrogen) atoms. The van der Waals surface area contributed by atoms with Crippen molar-refractivity contribution in [3.63, 3.8) is 0 Å². The third kappa shape index (κ3) is 3.20. The van der Waals surface area contributed by atoms with E-state index >= 15 is 0 Å². The number of rotatable bonds is 5. The highest BCUT2D eigenvalue weighted by Crippen LogP contribution is 2.30. The van der Waals surface area contributed by atoms with E-state index in [1.165, 1.54) is 0 Å². The summed E-state index contributed by atoms with van der Waals surface area (Å²) < 4.78 is 16.1. The van der Waals surface area contributed by atoms with Crippen molar-refractivity contribution in [2.75, 3.05) is 14.2 Å². The van der Waals surface area contributed by atoms with Gasteiger partial charge in [0, 0.05) is 23.8 Å². The van der Waals surface area contributed by atoms with Gasteiger partial charge in [0.15, 0.2) is 0 Å². The number of nitrogen functional groups attached to an aromatic ring is 1. The molecule has 0 bridgehead atoms. The lowest BCUT2D eigenvalue weighted by molar-refractivity contribution is 0.386. The second-order valence-electron chi connectivity index (χ2n) is 4.09. The van der Waals surface area contributed by atoms with E-state index in [0.29, 0.717) is 28.6 Å². The van der Waals surface area contributed by atoms with Gasteiger partial charge in [-0.15, -0.1) is 0 Å². The van der Waals surface area contributed by atoms with Gasteiger partial charge in [0.25, 0.3) is 0 Å². The molecule has 2 rings (SSSR count). The van der Waals surface area contributed by atoms with E-state index in [1.807, 2.05) is 0 Å². The van der Waals surface area contributed by atoms with Gasteiger partial charge in [-0.1, -0.05) is 0 Å². The molecular formula is C15H16N2O3. The number of methoxy groups -OCH3 is 2. The molecule has 0 unspecified atom stereocenters. The second-order valence-corrected chi connectivity index (χ2v) is 4.09. The van der Waals surface area contributed by atoms with Crippen molar-refractivity contribution >= 4 is 5.84 Å². The Morgan fingerprint density at radius 3 is 1.80 bits per heavy atom. The number of ether oxygens (including phenoxy) is 3. The van der Waals surface area contributed by atoms with Crippen molar-refractivity contribution < 1.29 is 14.2 Å². The highest BCUT2D eigenvalue weighted by atomic mass is 16.5. The summed E-state index contributed by atoms with van der Waals surface area (Å²) in [5.41, 5.74) is 6.05. The van der Waals surface area contributed by atoms with E-state index in [2.05, 4.69) is 0 Å². The first-order valence-electron chi connectivity index (χ1n) is 5.98. The van der Waals surface area contributed by atoms with Crippen LogP contribution in [0.25, 0.3) is 0 Å². The smallest absolute Gasteiger partial charge is 0.134 e. The average Bonchev–Trinajstić information content (AvgIpc) is 2.47. The zero-order chi connectivity index (χ0) is 14.5. The summed E-state index contributed by atoms with van der Waals surface area (Å²) >= 11 is 0. The quantitative estimate of drug-likeness (QED) is 0.648. The molecule has 0 atom stereocenters. The van der Waals surface area contributed by atoms with Crippen LogP contribution in [0.2, 0.25) is 0 Å². The third-order valence-corrected chi connectivity index (χ3v) is 2.73. The maximum atomic E-state index is 7.34. The molecule has 0 saturated carbocycles. The number of amidine groups is 1. The molecule has 0 heterocycles. The van der Waals surface area contributed by atoms with Crippen molar-refractivity contribution in [2.45, 2.75) is 0 Å². The van der Waals surface area contributed by atoms with Gasteiger partial charge >= 0.3 is 0 Å². The molecule has 0 saturated heterocycles. The Morgan fingerprint density at radius 1 is 0.850 bits per heavy atom. The molecule has 0 radical (unpaired) electrons. The lowest BCUT2D eigenvalue weighted by Gasteiger charge is -2.10. The maximum absolute atomic E-state index is 7.34. The minimum Gasteiger partial charge on any atom is -0.496 e. The lowest BCUT2D eigenvalue weighted by Crippen LogP contribution is -2.10. The highest BCUT2D eigenvalue weighted by Gasteiger charge is 2.04. The molecule has 5 heteroatoms. The molecule has 0 aliphatic heterocycles. The van der Waals surface area contributed by atoms with Crippen molar-refractivity contribution in [3.05, 3.63) is 48.0 Å². The summed E-state index contributed by atoms with van der Waals surface area (Å²) in [6.07, 6.45) is 0. The first-order chi connectivity index (χ1) is 9.62. The molecule has 0 aliphatic rings. The first kappa shape index (κ1) is 13.7. The maximum Gasteiger partial charge on any atom is 0.134 e. The summed E-state index contributed by atoms with van der Waals surface area (Å²) in [4.78, 5) is 0. The van der Waals surface area contributed by atoms with E-state index in [0.717, 1.165) is 0 Å². The van der Waals surface area contributed by atoms with Crippen LogP contribution in [-0.4, -0.2) is 20.1 Å². The molecule has 5 nitrogen and oxygen atoms in total. The molecule has 2 aromatic carbocycles. The predicted molar refractivity (Wildman–Crippen MR) is 77.1 cm³/mol. The van der Waals surface area contributed by atoms with Crippen molar-refractivity contribution in [1.82, 2.24) is 0 Å². The normalized spacial score (nSPS) is 9.90. The van der Waals surface area contributed by atoms with E-state index in [-0.39, 0.29) is 5.84 Å². The number of nitrogens with one attached hydrogen (secondary N) is 1. The first-order valence-corrected chi connectivity index (χ1v) is 5.98. The Hall–Kier alpha value is -2.69. The van der Waals surface area contributed by atoms with E-state index in [4.69, 9.17) is 25.4 Å². The topological polar surface area (TPSA) is 77.6 Å². The van der Waals surface area contributed by atoms with E-state index in [9.17, 15) is 0 Å². The summed E-state index contributed by atoms with van der Waals surface area (Å²) in [7, 11) is 3.17. The van der Waals surface area contributed by atoms with Gasteiger partial charge in [-0.05, 0) is 24.3 Å². The standard InChI is InChI=1S/C15H16N2O3/c1-18-12-7-13(19-2)9-14(8-12)20-11-5-3-10(4-6-11)15(16)17/h3-9H,1-2H3,(H3,16,17). The number of hydrogen-bond acceptors (Lipinski definition) is 4. The fourth-order valence-electron chi connectivity index (χ4n) is 1.68. The van der Waals surface area contributed by atoms with Crippen LogP contribution in [0.4, 0.5) is 0 Å². The molecule has 0 aliphatic carbocycles. The number of nitrogens with two attached hydrogens (primary N) is 1. The van der Waals surface area contributed by atoms with Crippen LogP contribution in [0.15, 0.2) is 42.5 Å². The van der Waals surface area contributed by atoms with Gasteiger partial charge in [0.1, 0.15) is 28.8 Å². The molecular weight excluding hydrogens is 256 g/mol. The van der Waals surface area contributed by atoms with E-state index in [1.54, 1.807) is 56.7 Å². The van der Waals surface area contributed by atoms with Gasteiger partial charge in [-0.25, -0.2) is 0 Å². The summed E-state index contributed by atoms with van der Waals surface area (Å²) in [5.74, 6) is 2.58. The Bertz CT molecular complexity index is 587. The largest absolute Gasteiger partial charge is 0.496 e. The summed E-state index contributed by atoms with van der Waals surface area (Å²) in [6, 6.07) is 12.3. The Morgan fingerprint density at radius 2 is 1.35 bits per heavy atom. The number of hydrogen-bond donors (Lipinski definition) is 2. The van der Waals surface area contributed by atoms with Crippen molar-refractivity contribution in [3.8, 4) is 23.0 Å². The van der Waals surface area contributed by atoms with Gasteiger partial charge in [0.2, 0.25) is 0 Å². The fraction of sp³-hybridized carbons (Fsp3) is 0.133. The molecule has 0 aromatic heterocycles. The molecule has 0 amide bonds. The third-order valence-electron chi connectivity index (χ3n) is 2.73. The molecule has 104 valence electrons. The van der Waals surface area contributed by atoms with Crippen LogP contribution < -0.4 is 19.9 Å². The highest BCUT2D eigenvalue weighted by molar-refractivity contribution is 5.94. The van der Waals surface area contributed by atoms with Crippen LogP contribution in [0, 0.1) is 5.41 Å². The zero-order valence-electron chi connectivity index (χ0n) is 11.3. The number of benzene rings is 2. The zero-order valence-corrected chi connectivity index (χ0v) is 11.3. The lowest BCUT2D eigenvalue weighted by atomic mass is 10.2. The predicted octanol–water partition coefficient (Wildman–Crippen LogP) is 2.78. The van der Waals surface area contributed by atoms with Crippen LogP contribution in [0.5, 0.6) is 23.0 Å². The molecule has 0 spiro atoms. The van der Waals surface area contributed by atoms with Gasteiger partial charge in [-0.3, -0.25) is 5.41 Å². The Labute approximate surface area is 117 Å². The minimum atomic E-state index is 0.0274. The van der Waals surface area contributed by atoms with Crippen LogP contribution >= 0.6 is 0 Å². The fourth-order valence-corrected chi connectivity index (χ4v) is 1.68.